The van der Waals surface area contributed by atoms with Crippen molar-refractivity contribution >= 4 is 94.3 Å². The predicted octanol–water partition coefficient (Wildman–Crippen LogP) is 38.9. The Labute approximate surface area is 852 Å². The lowest BCUT2D eigenvalue weighted by atomic mass is 9.82. The van der Waals surface area contributed by atoms with Gasteiger partial charge in [0.25, 0.3) is 0 Å². The maximum atomic E-state index is 2.47. The monoisotopic (exact) mass is 1860 g/mol. The highest BCUT2D eigenvalue weighted by molar-refractivity contribution is 6.01. The van der Waals surface area contributed by atoms with Crippen LogP contribution in [-0.4, -0.2) is 0 Å². The summed E-state index contributed by atoms with van der Waals surface area (Å²) in [6.45, 7) is 28.4. The van der Waals surface area contributed by atoms with Crippen molar-refractivity contribution in [3.8, 4) is 100 Å². The molecular weight excluding hydrogens is 1750 g/mol. The molecule has 28 rings (SSSR count). The van der Waals surface area contributed by atoms with Crippen molar-refractivity contribution in [1.29, 1.82) is 0 Å². The van der Waals surface area contributed by atoms with Crippen molar-refractivity contribution in [1.82, 2.24) is 0 Å². The lowest BCUT2D eigenvalue weighted by molar-refractivity contribution is 0.660. The first-order chi connectivity index (χ1) is 70.4. The Morgan fingerprint density at radius 3 is 0.683 bits per heavy atom. The zero-order chi connectivity index (χ0) is 98.3. The molecule has 6 aliphatic carbocycles. The number of nitrogens with zero attached hydrogens (tertiary/aromatic N) is 3. The van der Waals surface area contributed by atoms with Gasteiger partial charge in [0, 0.05) is 83.7 Å². The van der Waals surface area contributed by atoms with E-state index < -0.39 is 0 Å². The standard InChI is InChI=1S/C50H39N.2C46H37N/c1-49(2)45-19-10-9-18-41(45)42-24-22-40(31-48(42)49)51(38-17-11-16-34(27-38)37-21-20-32-12-5-6-13-33(32)26-37)39-23-25-46-44(30-39)43-28-35-14-7-8-15-36(35)29-47(43)50(46,3)4;1-45(2)41-20-11-10-19-37(41)38-23-21-36(29-44(38)45)47(34-18-12-17-31(25-34)30-13-6-5-7-14-30)35-22-24-42-40(28-35)39-26-32-15-8-9-16-33(32)27-43(39)46(42,3)4;1-45(2)41-17-11-10-16-37(41)38-24-22-36(29-44(38)45)47(34-20-18-31(19-21-34)30-12-6-5-7-13-30)35-23-25-42-40(28-35)39-26-32-14-8-9-15-33(32)27-43(39)46(42,3)4/h5-31H,1-4H3;2*5-29H,1-4H3. The predicted molar refractivity (Wildman–Crippen MR) is 615 cm³/mol. The smallest absolute Gasteiger partial charge is 0.0468 e. The normalized spacial score (nSPS) is 14.7. The molecule has 0 heterocycles. The van der Waals surface area contributed by atoms with Crippen molar-refractivity contribution in [2.75, 3.05) is 14.7 Å². The molecule has 0 atom stereocenters. The van der Waals surface area contributed by atoms with E-state index in [4.69, 9.17) is 0 Å². The van der Waals surface area contributed by atoms with Crippen LogP contribution in [0.3, 0.4) is 0 Å². The summed E-state index contributed by atoms with van der Waals surface area (Å²) >= 11 is 0. The van der Waals surface area contributed by atoms with Crippen molar-refractivity contribution < 1.29 is 0 Å². The van der Waals surface area contributed by atoms with Gasteiger partial charge in [0.1, 0.15) is 0 Å². The van der Waals surface area contributed by atoms with Gasteiger partial charge < -0.3 is 14.7 Å². The van der Waals surface area contributed by atoms with Crippen LogP contribution in [-0.2, 0) is 32.5 Å². The van der Waals surface area contributed by atoms with Gasteiger partial charge in [-0.15, -0.1) is 0 Å². The van der Waals surface area contributed by atoms with Crippen LogP contribution in [0.15, 0.2) is 467 Å². The maximum absolute atomic E-state index is 2.47. The molecule has 0 fully saturated rings. The third kappa shape index (κ3) is 14.3. The Balaban J connectivity index is 0.000000111. The quantitative estimate of drug-likeness (QED) is 0.121. The molecular formula is C142H113N3. The van der Waals surface area contributed by atoms with Gasteiger partial charge in [-0.1, -0.05) is 399 Å². The SMILES string of the molecule is CC1(C)c2ccccc2-c2ccc(N(c3ccc(-c4ccccc4)cc3)c3ccc4c(c3)-c3cc5ccccc5cc3C4(C)C)cc21.CC1(C)c2ccccc2-c2ccc(N(c3cccc(-c4ccc5ccccc5c4)c3)c3ccc4c(c3)-c3cc5ccccc5cc3C4(C)C)cc21.CC1(C)c2ccccc2-c2ccc(N(c3cccc(-c4ccccc4)c3)c3ccc4c(c3)-c3cc5ccccc5cc3C4(C)C)cc21. The van der Waals surface area contributed by atoms with E-state index in [-0.39, 0.29) is 32.5 Å². The molecule has 22 aromatic rings. The van der Waals surface area contributed by atoms with Crippen LogP contribution in [0.2, 0.25) is 0 Å². The van der Waals surface area contributed by atoms with E-state index in [1.54, 1.807) is 0 Å². The maximum Gasteiger partial charge on any atom is 0.0468 e. The topological polar surface area (TPSA) is 9.72 Å². The fraction of sp³-hybridized carbons (Fsp3) is 0.127. The van der Waals surface area contributed by atoms with Gasteiger partial charge in [-0.2, -0.15) is 0 Å². The van der Waals surface area contributed by atoms with Gasteiger partial charge in [0.05, 0.1) is 0 Å². The highest BCUT2D eigenvalue weighted by Gasteiger charge is 2.44. The summed E-state index contributed by atoms with van der Waals surface area (Å²) in [5.74, 6) is 0. The van der Waals surface area contributed by atoms with Gasteiger partial charge in [0.2, 0.25) is 0 Å². The van der Waals surface area contributed by atoms with Crippen LogP contribution in [0.4, 0.5) is 51.2 Å². The zero-order valence-corrected chi connectivity index (χ0v) is 84.3. The molecule has 0 aliphatic heterocycles. The Hall–Kier alpha value is -16.7. The highest BCUT2D eigenvalue weighted by atomic mass is 15.2. The third-order valence-electron chi connectivity index (χ3n) is 33.5. The van der Waals surface area contributed by atoms with E-state index in [9.17, 15) is 0 Å². The van der Waals surface area contributed by atoms with Crippen LogP contribution in [0, 0.1) is 0 Å². The summed E-state index contributed by atoms with van der Waals surface area (Å²) in [4.78, 5) is 7.37. The average Bonchev–Trinajstić information content (AvgIpc) is 1.57. The van der Waals surface area contributed by atoms with Gasteiger partial charge in [-0.25, -0.2) is 0 Å². The van der Waals surface area contributed by atoms with Crippen molar-refractivity contribution in [3.63, 3.8) is 0 Å². The van der Waals surface area contributed by atoms with Crippen LogP contribution < -0.4 is 14.7 Å². The fourth-order valence-electron chi connectivity index (χ4n) is 25.6. The van der Waals surface area contributed by atoms with E-state index >= 15 is 0 Å². The number of hydrogen-bond acceptors (Lipinski definition) is 3. The summed E-state index contributed by atoms with van der Waals surface area (Å²) in [5.41, 5.74) is 50.0. The first-order valence-electron chi connectivity index (χ1n) is 51.5. The lowest BCUT2D eigenvalue weighted by Gasteiger charge is -2.29. The second-order valence-electron chi connectivity index (χ2n) is 43.9. The summed E-state index contributed by atoms with van der Waals surface area (Å²) in [7, 11) is 0. The highest BCUT2D eigenvalue weighted by Crippen LogP contribution is 2.60. The number of anilines is 9. The zero-order valence-electron chi connectivity index (χ0n) is 84.3. The van der Waals surface area contributed by atoms with Gasteiger partial charge in [-0.05, 0) is 362 Å². The van der Waals surface area contributed by atoms with Gasteiger partial charge in [-0.3, -0.25) is 0 Å². The molecule has 145 heavy (non-hydrogen) atoms. The van der Waals surface area contributed by atoms with Crippen molar-refractivity contribution in [2.45, 2.75) is 116 Å². The molecule has 0 saturated carbocycles. The summed E-state index contributed by atoms with van der Waals surface area (Å²) in [5, 5.41) is 10.3. The number of fused-ring (bicyclic) bond motifs is 22. The molecule has 0 saturated heterocycles. The van der Waals surface area contributed by atoms with Crippen LogP contribution in [0.1, 0.15) is 150 Å². The number of hydrogen-bond donors (Lipinski definition) is 0. The lowest BCUT2D eigenvalue weighted by Crippen LogP contribution is -2.17. The molecule has 6 aliphatic rings. The van der Waals surface area contributed by atoms with E-state index in [0.29, 0.717) is 0 Å². The van der Waals surface area contributed by atoms with E-state index in [2.05, 4.69) is 565 Å². The molecule has 0 bridgehead atoms. The number of rotatable bonds is 12. The molecule has 0 radical (unpaired) electrons. The molecule has 3 nitrogen and oxygen atoms in total. The second kappa shape index (κ2) is 33.5. The van der Waals surface area contributed by atoms with Crippen LogP contribution in [0.25, 0.3) is 143 Å². The van der Waals surface area contributed by atoms with Crippen molar-refractivity contribution in [2.24, 2.45) is 0 Å². The largest absolute Gasteiger partial charge is 0.310 e. The minimum atomic E-state index is -0.0947. The van der Waals surface area contributed by atoms with Crippen LogP contribution >= 0.6 is 0 Å². The average molecular weight is 1860 g/mol. The second-order valence-corrected chi connectivity index (χ2v) is 43.9. The first-order valence-corrected chi connectivity index (χ1v) is 51.5. The van der Waals surface area contributed by atoms with E-state index in [1.165, 1.54) is 238 Å². The third-order valence-corrected chi connectivity index (χ3v) is 33.5. The van der Waals surface area contributed by atoms with E-state index in [0.717, 1.165) is 22.7 Å². The van der Waals surface area contributed by atoms with Crippen molar-refractivity contribution in [3.05, 3.63) is 534 Å². The molecule has 0 amide bonds. The Morgan fingerprint density at radius 1 is 0.110 bits per heavy atom. The molecule has 0 aromatic heterocycles. The fourth-order valence-corrected chi connectivity index (χ4v) is 25.6. The first kappa shape index (κ1) is 88.5. The van der Waals surface area contributed by atoms with Gasteiger partial charge in [0.15, 0.2) is 0 Å². The Bertz CT molecular complexity index is 9070. The van der Waals surface area contributed by atoms with E-state index in [1.807, 2.05) is 0 Å². The molecule has 0 unspecified atom stereocenters. The summed E-state index contributed by atoms with van der Waals surface area (Å²) in [6.07, 6.45) is 0. The minimum absolute atomic E-state index is 0.0707. The summed E-state index contributed by atoms with van der Waals surface area (Å²) in [6, 6.07) is 174. The Morgan fingerprint density at radius 2 is 0.324 bits per heavy atom. The molecule has 696 valence electrons. The van der Waals surface area contributed by atoms with Gasteiger partial charge >= 0.3 is 0 Å². The Kier molecular flexibility index (Phi) is 20.4. The molecule has 22 aromatic carbocycles. The minimum Gasteiger partial charge on any atom is -0.310 e. The molecule has 0 spiro atoms. The van der Waals surface area contributed by atoms with Crippen LogP contribution in [0.5, 0.6) is 0 Å². The summed E-state index contributed by atoms with van der Waals surface area (Å²) < 4.78 is 0. The number of benzene rings is 22. The molecule has 3 heteroatoms. The molecule has 0 N–H and O–H groups in total.